The molecule has 0 saturated carbocycles. The Bertz CT molecular complexity index is 959. The number of fused-ring (bicyclic) bond motifs is 1. The topological polar surface area (TPSA) is 51.5 Å². The van der Waals surface area contributed by atoms with Crippen LogP contribution in [0.5, 0.6) is 5.75 Å². The lowest BCUT2D eigenvalue weighted by Crippen LogP contribution is -2.33. The van der Waals surface area contributed by atoms with Crippen LogP contribution in [0.4, 0.5) is 0 Å². The number of oxazole rings is 1. The van der Waals surface area contributed by atoms with Crippen LogP contribution >= 0.6 is 12.2 Å². The predicted octanol–water partition coefficient (Wildman–Crippen LogP) is 3.72. The van der Waals surface area contributed by atoms with Crippen molar-refractivity contribution in [1.82, 2.24) is 4.98 Å². The van der Waals surface area contributed by atoms with Crippen LogP contribution in [0.1, 0.15) is 12.0 Å². The van der Waals surface area contributed by atoms with Crippen molar-refractivity contribution in [3.05, 3.63) is 54.5 Å². The van der Waals surface area contributed by atoms with Crippen LogP contribution in [-0.2, 0) is 13.0 Å². The minimum Gasteiger partial charge on any atom is -0.493 e. The molecule has 1 aliphatic heterocycles. The number of aliphatic imine (C=N–C) groups is 1. The van der Waals surface area contributed by atoms with Gasteiger partial charge >= 0.3 is 0 Å². The van der Waals surface area contributed by atoms with Crippen LogP contribution in [-0.4, -0.2) is 23.3 Å². The van der Waals surface area contributed by atoms with Crippen molar-refractivity contribution in [2.24, 2.45) is 4.99 Å². The molecule has 1 aromatic carbocycles. The highest BCUT2D eigenvalue weighted by atomic mass is 32.1. The number of thiocarbonyl (C=S) groups is 1. The van der Waals surface area contributed by atoms with Crippen LogP contribution < -0.4 is 9.30 Å². The number of pyridine rings is 1. The zero-order valence-corrected chi connectivity index (χ0v) is 15.0. The van der Waals surface area contributed by atoms with Gasteiger partial charge < -0.3 is 9.15 Å². The second-order valence-electron chi connectivity index (χ2n) is 6.10. The predicted molar refractivity (Wildman–Crippen MR) is 101 cm³/mol. The first-order valence-electron chi connectivity index (χ1n) is 8.58. The molecule has 4 rings (SSSR count). The Morgan fingerprint density at radius 2 is 2.08 bits per heavy atom. The molecule has 3 heterocycles. The van der Waals surface area contributed by atoms with E-state index in [1.807, 2.05) is 41.2 Å². The van der Waals surface area contributed by atoms with Gasteiger partial charge in [0.05, 0.1) is 18.0 Å². The van der Waals surface area contributed by atoms with E-state index in [0.29, 0.717) is 12.4 Å². The molecule has 3 aromatic rings. The average molecular weight is 364 g/mol. The van der Waals surface area contributed by atoms with Gasteiger partial charge in [0.1, 0.15) is 12.3 Å². The molecular weight excluding hydrogens is 346 g/mol. The third-order valence-electron chi connectivity index (χ3n) is 4.38. The maximum absolute atomic E-state index is 5.97. The molecule has 0 saturated heterocycles. The molecule has 0 radical (unpaired) electrons. The normalized spacial score (nSPS) is 12.8. The van der Waals surface area contributed by atoms with Gasteiger partial charge in [-0.1, -0.05) is 6.07 Å². The molecule has 5 nitrogen and oxygen atoms in total. The molecule has 0 atom stereocenters. The van der Waals surface area contributed by atoms with E-state index in [4.69, 9.17) is 9.15 Å². The number of hydrogen-bond acceptors (Lipinski definition) is 5. The molecule has 130 valence electrons. The van der Waals surface area contributed by atoms with Crippen molar-refractivity contribution in [2.75, 3.05) is 13.2 Å². The summed E-state index contributed by atoms with van der Waals surface area (Å²) in [5, 5.41) is 2.38. The fourth-order valence-electron chi connectivity index (χ4n) is 3.00. The highest BCUT2D eigenvalue weighted by Gasteiger charge is 2.15. The number of isothiocyanates is 1. The highest BCUT2D eigenvalue weighted by molar-refractivity contribution is 7.78. The van der Waals surface area contributed by atoms with Gasteiger partial charge in [-0.2, -0.15) is 0 Å². The van der Waals surface area contributed by atoms with Crippen molar-refractivity contribution in [3.63, 3.8) is 0 Å². The van der Waals surface area contributed by atoms with Gasteiger partial charge in [-0.3, -0.25) is 0 Å². The summed E-state index contributed by atoms with van der Waals surface area (Å²) in [6.07, 6.45) is 7.87. The van der Waals surface area contributed by atoms with E-state index in [1.165, 1.54) is 5.56 Å². The van der Waals surface area contributed by atoms with Crippen molar-refractivity contribution in [1.29, 1.82) is 0 Å². The molecule has 0 unspecified atom stereocenters. The average Bonchev–Trinajstić information content (AvgIpc) is 3.19. The summed E-state index contributed by atoms with van der Waals surface area (Å²) in [6, 6.07) is 10.2. The molecule has 26 heavy (non-hydrogen) atoms. The van der Waals surface area contributed by atoms with Crippen molar-refractivity contribution < 1.29 is 13.7 Å². The number of nitrogens with zero attached hydrogens (tertiary/aromatic N) is 3. The van der Waals surface area contributed by atoms with Crippen molar-refractivity contribution in [3.8, 4) is 28.5 Å². The van der Waals surface area contributed by atoms with Gasteiger partial charge in [0.15, 0.2) is 24.7 Å². The fourth-order valence-corrected chi connectivity index (χ4v) is 3.09. The van der Waals surface area contributed by atoms with Crippen LogP contribution in [0.25, 0.3) is 22.8 Å². The monoisotopic (exact) mass is 364 g/mol. The molecule has 0 amide bonds. The van der Waals surface area contributed by atoms with E-state index in [-0.39, 0.29) is 0 Å². The van der Waals surface area contributed by atoms with E-state index in [0.717, 1.165) is 48.6 Å². The Balaban J connectivity index is 1.53. The molecule has 0 N–H and O–H groups in total. The summed E-state index contributed by atoms with van der Waals surface area (Å²) in [5.41, 5.74) is 3.16. The first-order chi connectivity index (χ1) is 12.8. The van der Waals surface area contributed by atoms with E-state index in [1.54, 1.807) is 6.20 Å². The molecule has 1 aliphatic rings. The zero-order valence-electron chi connectivity index (χ0n) is 14.2. The number of rotatable bonds is 5. The van der Waals surface area contributed by atoms with Crippen LogP contribution in [0.2, 0.25) is 0 Å². The highest BCUT2D eigenvalue weighted by Crippen LogP contribution is 2.31. The van der Waals surface area contributed by atoms with Gasteiger partial charge in [0, 0.05) is 23.3 Å². The molecule has 6 heteroatoms. The number of hydrogen-bond donors (Lipinski definition) is 0. The van der Waals surface area contributed by atoms with Gasteiger partial charge in [-0.15, -0.1) is 0 Å². The Morgan fingerprint density at radius 3 is 2.92 bits per heavy atom. The summed E-state index contributed by atoms with van der Waals surface area (Å²) >= 11 is 4.57. The molecular formula is C20H18N3O2S+. The lowest BCUT2D eigenvalue weighted by atomic mass is 10.0. The van der Waals surface area contributed by atoms with Crippen LogP contribution in [0, 0.1) is 0 Å². The SMILES string of the molecule is S=C=NCC[n+]1ccc(-c2cnc(-c3ccc4c(c3)OCCC4)o2)cc1. The zero-order chi connectivity index (χ0) is 17.8. The summed E-state index contributed by atoms with van der Waals surface area (Å²) in [7, 11) is 0. The summed E-state index contributed by atoms with van der Waals surface area (Å²) in [5.74, 6) is 2.28. The second kappa shape index (κ2) is 7.60. The van der Waals surface area contributed by atoms with Gasteiger partial charge in [-0.25, -0.2) is 14.5 Å². The standard InChI is InChI=1S/C20H18N3O2S/c26-14-21-7-10-23-8-5-16(6-9-23)19-13-22-20(25-19)17-4-3-15-2-1-11-24-18(15)12-17/h3-6,8-9,12-13H,1-2,7,10-11H2/q+1. The Morgan fingerprint density at radius 1 is 1.19 bits per heavy atom. The first-order valence-corrected chi connectivity index (χ1v) is 8.99. The third kappa shape index (κ3) is 3.57. The maximum Gasteiger partial charge on any atom is 0.226 e. The number of ether oxygens (including phenoxy) is 1. The molecule has 0 aliphatic carbocycles. The maximum atomic E-state index is 5.97. The summed E-state index contributed by atoms with van der Waals surface area (Å²) in [4.78, 5) is 8.35. The lowest BCUT2D eigenvalue weighted by molar-refractivity contribution is -0.694. The largest absolute Gasteiger partial charge is 0.493 e. The molecule has 0 fully saturated rings. The Hall–Kier alpha value is -2.82. The van der Waals surface area contributed by atoms with Crippen LogP contribution in [0.15, 0.2) is 58.3 Å². The number of aromatic nitrogens is 2. The lowest BCUT2D eigenvalue weighted by Gasteiger charge is -2.17. The van der Waals surface area contributed by atoms with E-state index in [2.05, 4.69) is 33.4 Å². The quantitative estimate of drug-likeness (QED) is 0.393. The van der Waals surface area contributed by atoms with E-state index < -0.39 is 0 Å². The third-order valence-corrected chi connectivity index (χ3v) is 4.51. The molecule has 0 spiro atoms. The fraction of sp³-hybridized carbons (Fsp3) is 0.250. The number of aryl methyl sites for hydroxylation is 1. The van der Waals surface area contributed by atoms with Crippen molar-refractivity contribution in [2.45, 2.75) is 19.4 Å². The summed E-state index contributed by atoms with van der Waals surface area (Å²) in [6.45, 7) is 2.16. The Kier molecular flexibility index (Phi) is 4.86. The summed E-state index contributed by atoms with van der Waals surface area (Å²) < 4.78 is 13.7. The van der Waals surface area contributed by atoms with Crippen molar-refractivity contribution >= 4 is 17.4 Å². The second-order valence-corrected chi connectivity index (χ2v) is 6.28. The van der Waals surface area contributed by atoms with E-state index >= 15 is 0 Å². The van der Waals surface area contributed by atoms with Gasteiger partial charge in [-0.05, 0) is 42.8 Å². The molecule has 0 bridgehead atoms. The van der Waals surface area contributed by atoms with Gasteiger partial charge in [0.25, 0.3) is 0 Å². The Labute approximate surface area is 157 Å². The minimum absolute atomic E-state index is 0.601. The smallest absolute Gasteiger partial charge is 0.226 e. The van der Waals surface area contributed by atoms with Crippen LogP contribution in [0.3, 0.4) is 0 Å². The molecule has 2 aromatic heterocycles. The van der Waals surface area contributed by atoms with E-state index in [9.17, 15) is 0 Å². The first kappa shape index (κ1) is 16.6. The van der Waals surface area contributed by atoms with Gasteiger partial charge in [0.2, 0.25) is 5.89 Å². The number of benzene rings is 1. The minimum atomic E-state index is 0.601.